The highest BCUT2D eigenvalue weighted by molar-refractivity contribution is 8.76. The van der Waals surface area contributed by atoms with Crippen molar-refractivity contribution in [3.05, 3.63) is 93.8 Å². The maximum Gasteiger partial charge on any atom is 0.129 e. The number of benzene rings is 2. The van der Waals surface area contributed by atoms with Crippen LogP contribution in [0.25, 0.3) is 0 Å². The first-order valence-corrected chi connectivity index (χ1v) is 12.6. The van der Waals surface area contributed by atoms with Crippen molar-refractivity contribution in [2.45, 2.75) is 29.7 Å². The van der Waals surface area contributed by atoms with Gasteiger partial charge in [0.15, 0.2) is 0 Å². The molecule has 1 unspecified atom stereocenters. The monoisotopic (exact) mass is 462 g/mol. The lowest BCUT2D eigenvalue weighted by Crippen LogP contribution is -2.16. The molecule has 0 saturated heterocycles. The van der Waals surface area contributed by atoms with Crippen LogP contribution in [-0.4, -0.2) is 6.61 Å². The van der Waals surface area contributed by atoms with Crippen LogP contribution in [0.15, 0.2) is 69.0 Å². The number of hydrogen-bond acceptors (Lipinski definition) is 5. The molecule has 0 bridgehead atoms. The van der Waals surface area contributed by atoms with Crippen LogP contribution >= 0.6 is 33.3 Å². The second kappa shape index (κ2) is 9.54. The quantitative estimate of drug-likeness (QED) is 0.274. The van der Waals surface area contributed by atoms with E-state index in [0.717, 1.165) is 27.5 Å². The Kier molecular flexibility index (Phi) is 6.80. The third-order valence-corrected chi connectivity index (χ3v) is 8.31. The van der Waals surface area contributed by atoms with E-state index in [1.54, 1.807) is 53.8 Å². The summed E-state index contributed by atoms with van der Waals surface area (Å²) in [5, 5.41) is 2.03. The Morgan fingerprint density at radius 3 is 2.67 bits per heavy atom. The van der Waals surface area contributed by atoms with E-state index in [9.17, 15) is 8.78 Å². The molecule has 0 amide bonds. The zero-order chi connectivity index (χ0) is 21.1. The second-order valence-electron chi connectivity index (χ2n) is 6.97. The van der Waals surface area contributed by atoms with E-state index in [4.69, 9.17) is 9.15 Å². The van der Waals surface area contributed by atoms with Crippen molar-refractivity contribution in [3.63, 3.8) is 0 Å². The lowest BCUT2D eigenvalue weighted by molar-refractivity contribution is 0.328. The minimum atomic E-state index is -0.266. The van der Waals surface area contributed by atoms with Gasteiger partial charge < -0.3 is 9.15 Å². The Morgan fingerprint density at radius 1 is 1.07 bits per heavy atom. The third-order valence-electron chi connectivity index (χ3n) is 4.74. The standard InChI is InChI=1S/C23H20F2O2S3/c1-14-5-6-18(9-20(14)24)28-12-16-11-27-22-10-21(25)15(2)8-19(22)23(16)30-29-13-17-4-3-7-26-17/h3-10,12,23H,11,13H2,1-2H3/b16-12+. The summed E-state index contributed by atoms with van der Waals surface area (Å²) in [6.07, 6.45) is 1.67. The van der Waals surface area contributed by atoms with Gasteiger partial charge in [-0.25, -0.2) is 8.78 Å². The van der Waals surface area contributed by atoms with Gasteiger partial charge in [-0.1, -0.05) is 39.4 Å². The van der Waals surface area contributed by atoms with E-state index in [1.807, 2.05) is 29.7 Å². The summed E-state index contributed by atoms with van der Waals surface area (Å²) in [4.78, 5) is 0.832. The van der Waals surface area contributed by atoms with Gasteiger partial charge in [-0.3, -0.25) is 0 Å². The predicted octanol–water partition coefficient (Wildman–Crippen LogP) is 7.87. The molecule has 7 heteroatoms. The molecule has 3 aromatic rings. The Bertz CT molecular complexity index is 1060. The number of hydrogen-bond donors (Lipinski definition) is 0. The van der Waals surface area contributed by atoms with E-state index in [2.05, 4.69) is 0 Å². The average molecular weight is 463 g/mol. The number of furan rings is 1. The Labute approximate surface area is 186 Å². The Hall–Kier alpha value is -1.83. The number of halogens is 2. The molecule has 1 atom stereocenters. The fourth-order valence-electron chi connectivity index (χ4n) is 3.01. The van der Waals surface area contributed by atoms with Crippen LogP contribution in [0, 0.1) is 25.5 Å². The zero-order valence-electron chi connectivity index (χ0n) is 16.5. The molecule has 0 saturated carbocycles. The van der Waals surface area contributed by atoms with Gasteiger partial charge in [-0.2, -0.15) is 0 Å². The van der Waals surface area contributed by atoms with Crippen LogP contribution in [0.3, 0.4) is 0 Å². The summed E-state index contributed by atoms with van der Waals surface area (Å²) in [6, 6.07) is 12.4. The SMILES string of the molecule is Cc1ccc(S/C=C2\COc3cc(F)c(C)cc3C2SSCc2ccco2)cc1F. The first kappa shape index (κ1) is 21.4. The van der Waals surface area contributed by atoms with Gasteiger partial charge in [0, 0.05) is 16.5 Å². The lowest BCUT2D eigenvalue weighted by atomic mass is 10.00. The summed E-state index contributed by atoms with van der Waals surface area (Å²) in [5.41, 5.74) is 3.24. The van der Waals surface area contributed by atoms with Crippen molar-refractivity contribution >= 4 is 33.3 Å². The molecular formula is C23H20F2O2S3. The van der Waals surface area contributed by atoms with Gasteiger partial charge in [0.25, 0.3) is 0 Å². The van der Waals surface area contributed by atoms with Crippen molar-refractivity contribution in [1.82, 2.24) is 0 Å². The minimum absolute atomic E-state index is 0.0100. The molecule has 0 spiro atoms. The molecule has 0 aliphatic carbocycles. The average Bonchev–Trinajstić information content (AvgIpc) is 3.24. The van der Waals surface area contributed by atoms with Gasteiger partial charge >= 0.3 is 0 Å². The van der Waals surface area contributed by atoms with E-state index < -0.39 is 0 Å². The largest absolute Gasteiger partial charge is 0.489 e. The van der Waals surface area contributed by atoms with Crippen LogP contribution in [0.1, 0.15) is 27.7 Å². The fourth-order valence-corrected chi connectivity index (χ4v) is 6.58. The highest BCUT2D eigenvalue weighted by Crippen LogP contribution is 2.50. The molecule has 0 fully saturated rings. The second-order valence-corrected chi connectivity index (χ2v) is 10.4. The molecule has 1 aromatic heterocycles. The van der Waals surface area contributed by atoms with Crippen molar-refractivity contribution in [2.24, 2.45) is 0 Å². The molecule has 2 nitrogen and oxygen atoms in total. The highest BCUT2D eigenvalue weighted by atomic mass is 33.1. The molecule has 2 aromatic carbocycles. The number of aryl methyl sites for hydroxylation is 2. The van der Waals surface area contributed by atoms with E-state index >= 15 is 0 Å². The summed E-state index contributed by atoms with van der Waals surface area (Å²) >= 11 is 1.47. The van der Waals surface area contributed by atoms with Crippen molar-refractivity contribution in [1.29, 1.82) is 0 Å². The Balaban J connectivity index is 1.58. The van der Waals surface area contributed by atoms with Gasteiger partial charge in [-0.15, -0.1) is 0 Å². The van der Waals surface area contributed by atoms with Crippen molar-refractivity contribution in [3.8, 4) is 5.75 Å². The number of rotatable bonds is 6. The highest BCUT2D eigenvalue weighted by Gasteiger charge is 2.28. The molecule has 1 aliphatic rings. The van der Waals surface area contributed by atoms with Crippen LogP contribution in [0.4, 0.5) is 8.78 Å². The molecule has 4 rings (SSSR count). The molecule has 2 heterocycles. The van der Waals surface area contributed by atoms with Crippen LogP contribution < -0.4 is 4.74 Å². The lowest BCUT2D eigenvalue weighted by Gasteiger charge is -2.28. The van der Waals surface area contributed by atoms with E-state index in [0.29, 0.717) is 23.5 Å². The van der Waals surface area contributed by atoms with Gasteiger partial charge in [0.05, 0.1) is 17.3 Å². The predicted molar refractivity (Wildman–Crippen MR) is 122 cm³/mol. The number of ether oxygens (including phenoxy) is 1. The van der Waals surface area contributed by atoms with Crippen molar-refractivity contribution < 1.29 is 17.9 Å². The fraction of sp³-hybridized carbons (Fsp3) is 0.217. The molecule has 156 valence electrons. The summed E-state index contributed by atoms with van der Waals surface area (Å²) in [7, 11) is 3.38. The van der Waals surface area contributed by atoms with Crippen LogP contribution in [-0.2, 0) is 5.75 Å². The topological polar surface area (TPSA) is 22.4 Å². The summed E-state index contributed by atoms with van der Waals surface area (Å²) in [5.74, 6) is 1.74. The molecule has 0 N–H and O–H groups in total. The normalized spacial score (nSPS) is 17.1. The molecule has 1 aliphatic heterocycles. The zero-order valence-corrected chi connectivity index (χ0v) is 18.9. The number of fused-ring (bicyclic) bond motifs is 1. The van der Waals surface area contributed by atoms with Gasteiger partial charge in [0.2, 0.25) is 0 Å². The minimum Gasteiger partial charge on any atom is -0.489 e. The summed E-state index contributed by atoms with van der Waals surface area (Å²) in [6.45, 7) is 3.88. The maximum atomic E-state index is 14.0. The maximum absolute atomic E-state index is 14.0. The van der Waals surface area contributed by atoms with Crippen LogP contribution in [0.2, 0.25) is 0 Å². The van der Waals surface area contributed by atoms with E-state index in [1.165, 1.54) is 17.8 Å². The smallest absolute Gasteiger partial charge is 0.129 e. The molecular weight excluding hydrogens is 442 g/mol. The van der Waals surface area contributed by atoms with Crippen LogP contribution in [0.5, 0.6) is 5.75 Å². The first-order chi connectivity index (χ1) is 14.5. The molecule has 30 heavy (non-hydrogen) atoms. The third kappa shape index (κ3) is 4.90. The van der Waals surface area contributed by atoms with Crippen molar-refractivity contribution in [2.75, 3.05) is 6.61 Å². The van der Waals surface area contributed by atoms with Gasteiger partial charge in [0.1, 0.15) is 29.8 Å². The molecule has 0 radical (unpaired) electrons. The summed E-state index contributed by atoms with van der Waals surface area (Å²) < 4.78 is 39.2. The Morgan fingerprint density at radius 2 is 1.90 bits per heavy atom. The van der Waals surface area contributed by atoms with Gasteiger partial charge in [-0.05, 0) is 66.3 Å². The van der Waals surface area contributed by atoms with E-state index in [-0.39, 0.29) is 16.9 Å². The first-order valence-electron chi connectivity index (χ1n) is 9.36. The number of thioether (sulfide) groups is 1.